The predicted octanol–water partition coefficient (Wildman–Crippen LogP) is 6.68. The lowest BCUT2D eigenvalue weighted by molar-refractivity contribution is -0.170. The first-order chi connectivity index (χ1) is 15.7. The van der Waals surface area contributed by atoms with Crippen molar-refractivity contribution >= 4 is 5.97 Å². The van der Waals surface area contributed by atoms with E-state index >= 15 is 0 Å². The Labute approximate surface area is 201 Å². The number of aliphatic hydroxyl groups excluding tert-OH is 1. The van der Waals surface area contributed by atoms with E-state index in [1.54, 1.807) is 0 Å². The second-order valence-corrected chi connectivity index (χ2v) is 9.99. The van der Waals surface area contributed by atoms with Gasteiger partial charge in [0.05, 0.1) is 0 Å². The summed E-state index contributed by atoms with van der Waals surface area (Å²) in [6.45, 7) is 10.5. The number of ether oxygens (including phenoxy) is 1. The van der Waals surface area contributed by atoms with Gasteiger partial charge in [-0.3, -0.25) is 4.90 Å². The van der Waals surface area contributed by atoms with Gasteiger partial charge in [0.2, 0.25) is 0 Å². The van der Waals surface area contributed by atoms with Crippen molar-refractivity contribution in [1.29, 1.82) is 0 Å². The first-order valence-electron chi connectivity index (χ1n) is 12.5. The summed E-state index contributed by atoms with van der Waals surface area (Å²) in [7, 11) is 0. The summed E-state index contributed by atoms with van der Waals surface area (Å²) in [4.78, 5) is 15.2. The van der Waals surface area contributed by atoms with E-state index in [2.05, 4.69) is 43.0 Å². The molecule has 1 N–H and O–H groups in total. The molecule has 0 bridgehead atoms. The third-order valence-corrected chi connectivity index (χ3v) is 6.03. The minimum absolute atomic E-state index is 0.0316. The standard InChI is InChI=1S/C29H43NO3/c1-6-7-8-9-16-21-26(27(31)28(32)33-29(3,4)5)30(22-24-17-12-10-13-18-24)23(2)25-19-14-11-15-20-25/h10-15,17-20,23,26-27,31H,6-9,16,21-22H2,1-5H3/t23-,26-,27+/m1/s1. The molecule has 2 aromatic carbocycles. The van der Waals surface area contributed by atoms with Crippen molar-refractivity contribution in [2.24, 2.45) is 0 Å². The summed E-state index contributed by atoms with van der Waals surface area (Å²) >= 11 is 0. The van der Waals surface area contributed by atoms with E-state index in [0.29, 0.717) is 6.54 Å². The minimum atomic E-state index is -1.20. The van der Waals surface area contributed by atoms with Crippen LogP contribution in [0.15, 0.2) is 60.7 Å². The molecule has 33 heavy (non-hydrogen) atoms. The zero-order valence-electron chi connectivity index (χ0n) is 21.2. The first kappa shape index (κ1) is 27.1. The fourth-order valence-corrected chi connectivity index (χ4v) is 4.24. The average Bonchev–Trinajstić information content (AvgIpc) is 2.79. The van der Waals surface area contributed by atoms with Crippen molar-refractivity contribution < 1.29 is 14.6 Å². The van der Waals surface area contributed by atoms with Crippen LogP contribution in [-0.2, 0) is 16.1 Å². The smallest absolute Gasteiger partial charge is 0.337 e. The number of carbonyl (C=O) groups excluding carboxylic acids is 1. The number of nitrogens with zero attached hydrogens (tertiary/aromatic N) is 1. The molecule has 0 spiro atoms. The first-order valence-corrected chi connectivity index (χ1v) is 12.5. The van der Waals surface area contributed by atoms with Crippen LogP contribution in [0.1, 0.15) is 90.3 Å². The summed E-state index contributed by atoms with van der Waals surface area (Å²) in [6, 6.07) is 20.3. The summed E-state index contributed by atoms with van der Waals surface area (Å²) in [6.07, 6.45) is 5.20. The van der Waals surface area contributed by atoms with Gasteiger partial charge in [0.1, 0.15) is 5.60 Å². The summed E-state index contributed by atoms with van der Waals surface area (Å²) in [5, 5.41) is 11.3. The molecule has 4 nitrogen and oxygen atoms in total. The molecule has 0 aliphatic rings. The van der Waals surface area contributed by atoms with Crippen molar-refractivity contribution in [2.75, 3.05) is 0 Å². The fraction of sp³-hybridized carbons (Fsp3) is 0.552. The van der Waals surface area contributed by atoms with Crippen LogP contribution in [0, 0.1) is 0 Å². The lowest BCUT2D eigenvalue weighted by atomic mass is 9.95. The number of rotatable bonds is 13. The van der Waals surface area contributed by atoms with Gasteiger partial charge in [-0.2, -0.15) is 0 Å². The van der Waals surface area contributed by atoms with E-state index < -0.39 is 17.7 Å². The second-order valence-electron chi connectivity index (χ2n) is 9.99. The van der Waals surface area contributed by atoms with Gasteiger partial charge in [0, 0.05) is 18.6 Å². The number of carbonyl (C=O) groups is 1. The summed E-state index contributed by atoms with van der Waals surface area (Å²) < 4.78 is 5.60. The van der Waals surface area contributed by atoms with Gasteiger partial charge < -0.3 is 9.84 Å². The number of hydrogen-bond donors (Lipinski definition) is 1. The molecule has 0 fully saturated rings. The highest BCUT2D eigenvalue weighted by Gasteiger charge is 2.36. The molecule has 0 saturated heterocycles. The Morgan fingerprint density at radius 2 is 1.52 bits per heavy atom. The van der Waals surface area contributed by atoms with E-state index in [1.807, 2.05) is 57.2 Å². The highest BCUT2D eigenvalue weighted by atomic mass is 16.6. The Morgan fingerprint density at radius 1 is 0.939 bits per heavy atom. The molecule has 0 amide bonds. The monoisotopic (exact) mass is 453 g/mol. The maximum Gasteiger partial charge on any atom is 0.337 e. The topological polar surface area (TPSA) is 49.8 Å². The van der Waals surface area contributed by atoms with Crippen LogP contribution in [0.5, 0.6) is 0 Å². The molecule has 0 aromatic heterocycles. The third kappa shape index (κ3) is 9.30. The molecule has 3 atom stereocenters. The number of unbranched alkanes of at least 4 members (excludes halogenated alkanes) is 4. The average molecular weight is 454 g/mol. The minimum Gasteiger partial charge on any atom is -0.458 e. The molecule has 0 radical (unpaired) electrons. The van der Waals surface area contributed by atoms with Gasteiger partial charge in [0.15, 0.2) is 6.10 Å². The fourth-order valence-electron chi connectivity index (χ4n) is 4.24. The van der Waals surface area contributed by atoms with Gasteiger partial charge in [-0.05, 0) is 45.2 Å². The molecule has 0 aliphatic carbocycles. The largest absolute Gasteiger partial charge is 0.458 e. The maximum absolute atomic E-state index is 13.0. The Balaban J connectivity index is 2.34. The molecular weight excluding hydrogens is 410 g/mol. The quantitative estimate of drug-likeness (QED) is 0.271. The normalized spacial score (nSPS) is 14.6. The molecule has 0 heterocycles. The van der Waals surface area contributed by atoms with E-state index in [9.17, 15) is 9.90 Å². The highest BCUT2D eigenvalue weighted by Crippen LogP contribution is 2.29. The van der Waals surface area contributed by atoms with Crippen LogP contribution in [0.2, 0.25) is 0 Å². The number of esters is 1. The Hall–Kier alpha value is -2.17. The predicted molar refractivity (Wildman–Crippen MR) is 136 cm³/mol. The van der Waals surface area contributed by atoms with Crippen LogP contribution in [0.3, 0.4) is 0 Å². The zero-order valence-corrected chi connectivity index (χ0v) is 21.2. The Morgan fingerprint density at radius 3 is 2.09 bits per heavy atom. The van der Waals surface area contributed by atoms with E-state index in [1.165, 1.54) is 24.8 Å². The molecule has 182 valence electrons. The zero-order chi connectivity index (χ0) is 24.3. The van der Waals surface area contributed by atoms with Crippen molar-refractivity contribution in [3.63, 3.8) is 0 Å². The number of aliphatic hydroxyl groups is 1. The maximum atomic E-state index is 13.0. The SMILES string of the molecule is CCCCCCC[C@H]([C@H](O)C(=O)OC(C)(C)C)N(Cc1ccccc1)[C@H](C)c1ccccc1. The summed E-state index contributed by atoms with van der Waals surface area (Å²) in [5.74, 6) is -0.542. The van der Waals surface area contributed by atoms with Crippen molar-refractivity contribution in [1.82, 2.24) is 4.90 Å². The molecule has 0 unspecified atom stereocenters. The van der Waals surface area contributed by atoms with Gasteiger partial charge in [-0.15, -0.1) is 0 Å². The molecule has 0 aliphatic heterocycles. The Bertz CT molecular complexity index is 801. The molecule has 2 rings (SSSR count). The van der Waals surface area contributed by atoms with Crippen molar-refractivity contribution in [3.8, 4) is 0 Å². The highest BCUT2D eigenvalue weighted by molar-refractivity contribution is 5.75. The third-order valence-electron chi connectivity index (χ3n) is 6.03. The van der Waals surface area contributed by atoms with E-state index in [4.69, 9.17) is 4.74 Å². The molecule has 4 heteroatoms. The van der Waals surface area contributed by atoms with Gasteiger partial charge in [0.25, 0.3) is 0 Å². The van der Waals surface area contributed by atoms with Gasteiger partial charge >= 0.3 is 5.97 Å². The molecular formula is C29H43NO3. The summed E-state index contributed by atoms with van der Waals surface area (Å²) in [5.41, 5.74) is 1.69. The van der Waals surface area contributed by atoms with Crippen LogP contribution < -0.4 is 0 Å². The lowest BCUT2D eigenvalue weighted by Gasteiger charge is -2.39. The van der Waals surface area contributed by atoms with Gasteiger partial charge in [-0.25, -0.2) is 4.79 Å². The van der Waals surface area contributed by atoms with Crippen LogP contribution in [0.25, 0.3) is 0 Å². The van der Waals surface area contributed by atoms with Crippen LogP contribution in [-0.4, -0.2) is 33.7 Å². The van der Waals surface area contributed by atoms with Crippen LogP contribution in [0.4, 0.5) is 0 Å². The van der Waals surface area contributed by atoms with Gasteiger partial charge in [-0.1, -0.05) is 99.7 Å². The van der Waals surface area contributed by atoms with E-state index in [-0.39, 0.29) is 12.1 Å². The number of benzene rings is 2. The molecule has 0 saturated carbocycles. The second kappa shape index (κ2) is 13.5. The Kier molecular flexibility index (Phi) is 11.1. The van der Waals surface area contributed by atoms with Crippen LogP contribution >= 0.6 is 0 Å². The van der Waals surface area contributed by atoms with E-state index in [0.717, 1.165) is 24.8 Å². The van der Waals surface area contributed by atoms with Crippen molar-refractivity contribution in [3.05, 3.63) is 71.8 Å². The molecule has 2 aromatic rings. The van der Waals surface area contributed by atoms with Crippen molar-refractivity contribution in [2.45, 2.75) is 103 Å². The number of hydrogen-bond acceptors (Lipinski definition) is 4. The lowest BCUT2D eigenvalue weighted by Crippen LogP contribution is -2.49.